The van der Waals surface area contributed by atoms with Crippen LogP contribution in [0.5, 0.6) is 5.75 Å². The van der Waals surface area contributed by atoms with Gasteiger partial charge < -0.3 is 14.4 Å². The summed E-state index contributed by atoms with van der Waals surface area (Å²) in [5, 5.41) is 9.34. The highest BCUT2D eigenvalue weighted by molar-refractivity contribution is 7.92. The van der Waals surface area contributed by atoms with Gasteiger partial charge in [0.2, 0.25) is 0 Å². The van der Waals surface area contributed by atoms with E-state index in [0.29, 0.717) is 35.3 Å². The first-order chi connectivity index (χ1) is 18.4. The van der Waals surface area contributed by atoms with Crippen molar-refractivity contribution in [3.63, 3.8) is 0 Å². The van der Waals surface area contributed by atoms with Gasteiger partial charge in [0.05, 0.1) is 28.2 Å². The van der Waals surface area contributed by atoms with Gasteiger partial charge in [-0.05, 0) is 66.6 Å². The Morgan fingerprint density at radius 3 is 2.31 bits per heavy atom. The predicted octanol–water partition coefficient (Wildman–Crippen LogP) is 5.51. The molecule has 8 nitrogen and oxygen atoms in total. The molecule has 0 unspecified atom stereocenters. The SMILES string of the molecule is CCCc1nc2cc(N(Cc3ccc(OC(F)(F)F)cc3)S(=O)(=O)c3ccc(F)cc3)ccc2n1CC(=O)O. The molecule has 3 aromatic carbocycles. The van der Waals surface area contributed by atoms with E-state index in [1.807, 2.05) is 6.92 Å². The van der Waals surface area contributed by atoms with Crippen LogP contribution in [0.1, 0.15) is 24.7 Å². The third-order valence-electron chi connectivity index (χ3n) is 5.75. The molecular formula is C26H23F4N3O5S. The quantitative estimate of drug-likeness (QED) is 0.255. The van der Waals surface area contributed by atoms with Crippen molar-refractivity contribution >= 4 is 32.7 Å². The maximum atomic E-state index is 13.7. The average molecular weight is 566 g/mol. The zero-order chi connectivity index (χ0) is 28.4. The lowest BCUT2D eigenvalue weighted by molar-refractivity contribution is -0.274. The number of carbonyl (C=O) groups is 1. The first-order valence-corrected chi connectivity index (χ1v) is 13.2. The molecule has 0 saturated carbocycles. The van der Waals surface area contributed by atoms with E-state index < -0.39 is 33.9 Å². The number of alkyl halides is 3. The van der Waals surface area contributed by atoms with Gasteiger partial charge >= 0.3 is 12.3 Å². The molecule has 0 aliphatic carbocycles. The van der Waals surface area contributed by atoms with Crippen LogP contribution in [0.4, 0.5) is 23.2 Å². The lowest BCUT2D eigenvalue weighted by Gasteiger charge is -2.25. The van der Waals surface area contributed by atoms with Crippen molar-refractivity contribution in [1.82, 2.24) is 9.55 Å². The monoisotopic (exact) mass is 565 g/mol. The molecule has 0 spiro atoms. The van der Waals surface area contributed by atoms with Crippen molar-refractivity contribution in [3.05, 3.63) is 83.9 Å². The fourth-order valence-electron chi connectivity index (χ4n) is 4.06. The fraction of sp³-hybridized carbons (Fsp3) is 0.231. The van der Waals surface area contributed by atoms with Gasteiger partial charge in [-0.3, -0.25) is 9.10 Å². The summed E-state index contributed by atoms with van der Waals surface area (Å²) in [6.45, 7) is 1.31. The topological polar surface area (TPSA) is 102 Å². The Hall–Kier alpha value is -4.13. The summed E-state index contributed by atoms with van der Waals surface area (Å²) in [5.41, 5.74) is 1.38. The number of halogens is 4. The Bertz CT molecular complexity index is 1590. The Labute approximate surface area is 221 Å². The molecule has 0 aliphatic rings. The van der Waals surface area contributed by atoms with Crippen molar-refractivity contribution in [1.29, 1.82) is 0 Å². The Kier molecular flexibility index (Phi) is 7.82. The molecule has 1 aromatic heterocycles. The molecule has 1 N–H and O–H groups in total. The number of carboxylic acid groups (broad SMARTS) is 1. The second-order valence-corrected chi connectivity index (χ2v) is 10.5. The number of sulfonamides is 1. The van der Waals surface area contributed by atoms with Gasteiger partial charge in [0, 0.05) is 6.42 Å². The minimum Gasteiger partial charge on any atom is -0.480 e. The van der Waals surface area contributed by atoms with Crippen LogP contribution in [-0.2, 0) is 34.3 Å². The first-order valence-electron chi connectivity index (χ1n) is 11.7. The lowest BCUT2D eigenvalue weighted by Crippen LogP contribution is -2.30. The second kappa shape index (κ2) is 10.9. The highest BCUT2D eigenvalue weighted by atomic mass is 32.2. The number of aliphatic carboxylic acids is 1. The number of imidazole rings is 1. The zero-order valence-electron chi connectivity index (χ0n) is 20.5. The molecule has 0 atom stereocenters. The van der Waals surface area contributed by atoms with E-state index in [2.05, 4.69) is 9.72 Å². The Morgan fingerprint density at radius 2 is 1.72 bits per heavy atom. The number of fused-ring (bicyclic) bond motifs is 1. The number of aryl methyl sites for hydroxylation is 1. The minimum atomic E-state index is -4.88. The van der Waals surface area contributed by atoms with Crippen LogP contribution in [0, 0.1) is 5.82 Å². The van der Waals surface area contributed by atoms with Crippen molar-refractivity contribution in [2.24, 2.45) is 0 Å². The van der Waals surface area contributed by atoms with E-state index in [1.165, 1.54) is 24.3 Å². The summed E-state index contributed by atoms with van der Waals surface area (Å²) in [6.07, 6.45) is -3.67. The predicted molar refractivity (Wildman–Crippen MR) is 134 cm³/mol. The van der Waals surface area contributed by atoms with Crippen LogP contribution in [0.25, 0.3) is 11.0 Å². The number of carboxylic acids is 1. The summed E-state index contributed by atoms with van der Waals surface area (Å²) >= 11 is 0. The van der Waals surface area contributed by atoms with Gasteiger partial charge in [-0.25, -0.2) is 17.8 Å². The number of anilines is 1. The summed E-state index contributed by atoms with van der Waals surface area (Å²) < 4.78 is 85.0. The standard InChI is InChI=1S/C26H23F4N3O5S/c1-2-3-24-31-22-14-19(8-13-23(22)32(24)16-25(34)35)33(39(36,37)21-11-6-18(27)7-12-21)15-17-4-9-20(10-5-17)38-26(28,29)30/h4-14H,2-3,15-16H2,1H3,(H,34,35). The average Bonchev–Trinajstić information content (AvgIpc) is 3.18. The maximum absolute atomic E-state index is 13.7. The molecule has 0 radical (unpaired) electrons. The molecule has 1 heterocycles. The van der Waals surface area contributed by atoms with Gasteiger partial charge in [0.25, 0.3) is 10.0 Å². The molecule has 0 fully saturated rings. The summed E-state index contributed by atoms with van der Waals surface area (Å²) in [5.74, 6) is -1.63. The van der Waals surface area contributed by atoms with Gasteiger partial charge in [-0.2, -0.15) is 0 Å². The van der Waals surface area contributed by atoms with Gasteiger partial charge in [-0.1, -0.05) is 19.1 Å². The lowest BCUT2D eigenvalue weighted by atomic mass is 10.2. The first kappa shape index (κ1) is 27.9. The number of benzene rings is 3. The summed E-state index contributed by atoms with van der Waals surface area (Å²) in [7, 11) is -4.28. The molecule has 0 bridgehead atoms. The smallest absolute Gasteiger partial charge is 0.480 e. The molecule has 0 saturated heterocycles. The maximum Gasteiger partial charge on any atom is 0.573 e. The molecule has 0 amide bonds. The third kappa shape index (κ3) is 6.48. The van der Waals surface area contributed by atoms with Crippen molar-refractivity contribution in [2.75, 3.05) is 4.31 Å². The van der Waals surface area contributed by atoms with E-state index in [1.54, 1.807) is 10.6 Å². The van der Waals surface area contributed by atoms with E-state index in [-0.39, 0.29) is 23.7 Å². The minimum absolute atomic E-state index is 0.172. The highest BCUT2D eigenvalue weighted by Gasteiger charge is 2.31. The van der Waals surface area contributed by atoms with Crippen LogP contribution in [-0.4, -0.2) is 35.4 Å². The summed E-state index contributed by atoms with van der Waals surface area (Å²) in [6, 6.07) is 13.5. The molecule has 4 rings (SSSR count). The largest absolute Gasteiger partial charge is 0.573 e. The number of nitrogens with zero attached hydrogens (tertiary/aromatic N) is 3. The molecule has 13 heteroatoms. The molecular weight excluding hydrogens is 542 g/mol. The number of hydrogen-bond donors (Lipinski definition) is 1. The Morgan fingerprint density at radius 1 is 1.05 bits per heavy atom. The number of aromatic nitrogens is 2. The van der Waals surface area contributed by atoms with Crippen molar-refractivity contribution in [2.45, 2.75) is 44.1 Å². The van der Waals surface area contributed by atoms with Crippen LogP contribution in [0.2, 0.25) is 0 Å². The normalized spacial score (nSPS) is 12.0. The molecule has 0 aliphatic heterocycles. The van der Waals surface area contributed by atoms with E-state index >= 15 is 0 Å². The van der Waals surface area contributed by atoms with E-state index in [0.717, 1.165) is 40.7 Å². The highest BCUT2D eigenvalue weighted by Crippen LogP contribution is 2.31. The Balaban J connectivity index is 1.79. The van der Waals surface area contributed by atoms with Gasteiger partial charge in [-0.15, -0.1) is 13.2 Å². The summed E-state index contributed by atoms with van der Waals surface area (Å²) in [4.78, 5) is 15.7. The zero-order valence-corrected chi connectivity index (χ0v) is 21.3. The fourth-order valence-corrected chi connectivity index (χ4v) is 5.51. The number of rotatable bonds is 10. The van der Waals surface area contributed by atoms with Crippen LogP contribution in [0.15, 0.2) is 71.6 Å². The van der Waals surface area contributed by atoms with Gasteiger partial charge in [0.15, 0.2) is 0 Å². The van der Waals surface area contributed by atoms with Gasteiger partial charge in [0.1, 0.15) is 23.9 Å². The van der Waals surface area contributed by atoms with Crippen LogP contribution in [0.3, 0.4) is 0 Å². The van der Waals surface area contributed by atoms with Crippen LogP contribution < -0.4 is 9.04 Å². The second-order valence-electron chi connectivity index (χ2n) is 8.59. The van der Waals surface area contributed by atoms with Crippen molar-refractivity contribution in [3.8, 4) is 5.75 Å². The van der Waals surface area contributed by atoms with E-state index in [9.17, 15) is 35.9 Å². The van der Waals surface area contributed by atoms with E-state index in [4.69, 9.17) is 0 Å². The number of ether oxygens (including phenoxy) is 1. The molecule has 206 valence electrons. The molecule has 4 aromatic rings. The molecule has 39 heavy (non-hydrogen) atoms. The third-order valence-corrected chi connectivity index (χ3v) is 7.54. The van der Waals surface area contributed by atoms with Crippen molar-refractivity contribution < 1.29 is 40.6 Å². The number of hydrogen-bond acceptors (Lipinski definition) is 5. The van der Waals surface area contributed by atoms with Crippen LogP contribution >= 0.6 is 0 Å².